The molecule has 5 heteroatoms. The van der Waals surface area contributed by atoms with Crippen LogP contribution in [0.5, 0.6) is 0 Å². The molecule has 0 unspecified atom stereocenters. The average Bonchev–Trinajstić information content (AvgIpc) is 2.64. The van der Waals surface area contributed by atoms with Gasteiger partial charge in [0.2, 0.25) is 0 Å². The Kier molecular flexibility index (Phi) is 6.46. The van der Waals surface area contributed by atoms with Crippen molar-refractivity contribution >= 4 is 24.7 Å². The number of alkyl carbamates (subject to hydrolysis) is 1. The van der Waals surface area contributed by atoms with Gasteiger partial charge in [-0.1, -0.05) is 60.7 Å². The van der Waals surface area contributed by atoms with Crippen LogP contribution in [0.3, 0.4) is 0 Å². The molecule has 122 valence electrons. The molecule has 0 saturated heterocycles. The van der Waals surface area contributed by atoms with E-state index in [1.165, 1.54) is 0 Å². The van der Waals surface area contributed by atoms with Crippen molar-refractivity contribution in [3.05, 3.63) is 76.9 Å². The third-order valence-corrected chi connectivity index (χ3v) is 3.29. The topological polar surface area (TPSA) is 72.5 Å². The number of amides is 1. The van der Waals surface area contributed by atoms with Gasteiger partial charge in [-0.3, -0.25) is 9.59 Å². The number of carbonyl (C=O) groups is 3. The predicted octanol–water partition coefficient (Wildman–Crippen LogP) is 3.25. The van der Waals surface area contributed by atoms with E-state index in [1.54, 1.807) is 30.4 Å². The van der Waals surface area contributed by atoms with Gasteiger partial charge >= 0.3 is 6.09 Å². The summed E-state index contributed by atoms with van der Waals surface area (Å²) in [7, 11) is 0. The predicted molar refractivity (Wildman–Crippen MR) is 90.9 cm³/mol. The van der Waals surface area contributed by atoms with E-state index in [0.29, 0.717) is 29.3 Å². The second-order valence-corrected chi connectivity index (χ2v) is 4.93. The van der Waals surface area contributed by atoms with Gasteiger partial charge in [-0.05, 0) is 11.1 Å². The Balaban J connectivity index is 1.85. The van der Waals surface area contributed by atoms with Gasteiger partial charge in [-0.25, -0.2) is 4.79 Å². The molecule has 0 fully saturated rings. The first-order valence-electron chi connectivity index (χ1n) is 7.39. The second kappa shape index (κ2) is 9.05. The van der Waals surface area contributed by atoms with E-state index in [0.717, 1.165) is 5.56 Å². The van der Waals surface area contributed by atoms with Crippen LogP contribution in [0.1, 0.15) is 31.8 Å². The fourth-order valence-corrected chi connectivity index (χ4v) is 2.09. The van der Waals surface area contributed by atoms with Crippen LogP contribution in [-0.4, -0.2) is 25.2 Å². The summed E-state index contributed by atoms with van der Waals surface area (Å²) < 4.78 is 5.07. The van der Waals surface area contributed by atoms with Crippen LogP contribution in [0.15, 0.2) is 54.6 Å². The summed E-state index contributed by atoms with van der Waals surface area (Å²) in [6.07, 6.45) is 4.12. The zero-order valence-electron chi connectivity index (χ0n) is 13.0. The van der Waals surface area contributed by atoms with Crippen molar-refractivity contribution < 1.29 is 19.1 Å². The molecule has 24 heavy (non-hydrogen) atoms. The fraction of sp³-hybridized carbons (Fsp3) is 0.105. The summed E-state index contributed by atoms with van der Waals surface area (Å²) in [6, 6.07) is 14.3. The Morgan fingerprint density at radius 2 is 1.62 bits per heavy atom. The van der Waals surface area contributed by atoms with Gasteiger partial charge in [0.1, 0.15) is 6.61 Å². The first-order chi connectivity index (χ1) is 11.7. The Labute approximate surface area is 140 Å². The molecule has 2 aromatic rings. The van der Waals surface area contributed by atoms with Gasteiger partial charge < -0.3 is 10.1 Å². The summed E-state index contributed by atoms with van der Waals surface area (Å²) in [5.41, 5.74) is 2.27. The van der Waals surface area contributed by atoms with Crippen LogP contribution in [0.2, 0.25) is 0 Å². The average molecular weight is 323 g/mol. The lowest BCUT2D eigenvalue weighted by Gasteiger charge is -2.06. The molecule has 2 aromatic carbocycles. The number of aldehydes is 2. The maximum Gasteiger partial charge on any atom is 0.407 e. The van der Waals surface area contributed by atoms with Crippen molar-refractivity contribution in [2.45, 2.75) is 6.61 Å². The molecule has 0 atom stereocenters. The summed E-state index contributed by atoms with van der Waals surface area (Å²) in [5, 5.41) is 2.57. The molecule has 2 rings (SSSR count). The van der Waals surface area contributed by atoms with Crippen LogP contribution in [0, 0.1) is 0 Å². The molecule has 0 saturated carbocycles. The zero-order valence-corrected chi connectivity index (χ0v) is 13.0. The fourth-order valence-electron chi connectivity index (χ4n) is 2.09. The van der Waals surface area contributed by atoms with Crippen LogP contribution in [0.25, 0.3) is 6.08 Å². The van der Waals surface area contributed by atoms with E-state index < -0.39 is 6.09 Å². The number of ether oxygens (including phenoxy) is 1. The molecule has 0 aliphatic heterocycles. The number of rotatable bonds is 7. The molecule has 1 amide bonds. The summed E-state index contributed by atoms with van der Waals surface area (Å²) in [5.74, 6) is 0. The van der Waals surface area contributed by atoms with Crippen LogP contribution in [-0.2, 0) is 11.3 Å². The molecule has 0 bridgehead atoms. The van der Waals surface area contributed by atoms with Gasteiger partial charge in [-0.15, -0.1) is 0 Å². The van der Waals surface area contributed by atoms with Crippen LogP contribution < -0.4 is 5.32 Å². The van der Waals surface area contributed by atoms with Crippen molar-refractivity contribution in [1.29, 1.82) is 0 Å². The number of hydrogen-bond donors (Lipinski definition) is 1. The monoisotopic (exact) mass is 323 g/mol. The molecular weight excluding hydrogens is 306 g/mol. The van der Waals surface area contributed by atoms with Gasteiger partial charge in [0.05, 0.1) is 0 Å². The number of nitrogens with one attached hydrogen (secondary N) is 1. The van der Waals surface area contributed by atoms with Crippen molar-refractivity contribution in [3.63, 3.8) is 0 Å². The number of carbonyl (C=O) groups excluding carboxylic acids is 3. The molecule has 0 aliphatic carbocycles. The molecule has 0 heterocycles. The lowest BCUT2D eigenvalue weighted by atomic mass is 10.0. The minimum atomic E-state index is -0.539. The smallest absolute Gasteiger partial charge is 0.407 e. The van der Waals surface area contributed by atoms with E-state index in [-0.39, 0.29) is 13.2 Å². The lowest BCUT2D eigenvalue weighted by molar-refractivity contribution is 0.112. The highest BCUT2D eigenvalue weighted by Crippen LogP contribution is 2.13. The lowest BCUT2D eigenvalue weighted by Crippen LogP contribution is -2.24. The largest absolute Gasteiger partial charge is 0.445 e. The standard InChI is InChI=1S/C19H17NO4/c21-12-16-8-4-9-17(13-22)18(16)10-5-11-20-19(23)24-14-15-6-2-1-3-7-15/h1-10,12-13H,11,14H2,(H,20,23). The third kappa shape index (κ3) is 4.91. The highest BCUT2D eigenvalue weighted by atomic mass is 16.5. The van der Waals surface area contributed by atoms with E-state index in [4.69, 9.17) is 4.74 Å². The summed E-state index contributed by atoms with van der Waals surface area (Å²) >= 11 is 0. The number of benzene rings is 2. The molecule has 0 aromatic heterocycles. The van der Waals surface area contributed by atoms with Crippen LogP contribution in [0.4, 0.5) is 4.79 Å². The van der Waals surface area contributed by atoms with Crippen molar-refractivity contribution in [2.75, 3.05) is 6.54 Å². The Bertz CT molecular complexity index is 712. The SMILES string of the molecule is O=Cc1cccc(C=O)c1C=CCNC(=O)OCc1ccccc1. The maximum atomic E-state index is 11.6. The molecule has 5 nitrogen and oxygen atoms in total. The minimum absolute atomic E-state index is 0.194. The van der Waals surface area contributed by atoms with Gasteiger partial charge in [0, 0.05) is 17.7 Å². The van der Waals surface area contributed by atoms with Crippen molar-refractivity contribution in [3.8, 4) is 0 Å². The molecule has 0 spiro atoms. The molecule has 0 radical (unpaired) electrons. The summed E-state index contributed by atoms with van der Waals surface area (Å²) in [4.78, 5) is 33.6. The highest BCUT2D eigenvalue weighted by molar-refractivity contribution is 5.90. The minimum Gasteiger partial charge on any atom is -0.445 e. The quantitative estimate of drug-likeness (QED) is 0.794. The highest BCUT2D eigenvalue weighted by Gasteiger charge is 2.04. The first-order valence-corrected chi connectivity index (χ1v) is 7.39. The molecular formula is C19H17NO4. The van der Waals surface area contributed by atoms with Gasteiger partial charge in [0.15, 0.2) is 12.6 Å². The third-order valence-electron chi connectivity index (χ3n) is 3.29. The van der Waals surface area contributed by atoms with Crippen molar-refractivity contribution in [1.82, 2.24) is 5.32 Å². The Morgan fingerprint density at radius 3 is 2.25 bits per heavy atom. The Morgan fingerprint density at radius 1 is 0.958 bits per heavy atom. The Hall–Kier alpha value is -3.21. The zero-order chi connectivity index (χ0) is 17.2. The first kappa shape index (κ1) is 17.1. The van der Waals surface area contributed by atoms with Gasteiger partial charge in [-0.2, -0.15) is 0 Å². The normalized spacial score (nSPS) is 10.3. The van der Waals surface area contributed by atoms with E-state index in [2.05, 4.69) is 5.32 Å². The number of hydrogen-bond acceptors (Lipinski definition) is 4. The second-order valence-electron chi connectivity index (χ2n) is 4.93. The maximum absolute atomic E-state index is 11.6. The van der Waals surface area contributed by atoms with E-state index in [9.17, 15) is 14.4 Å². The van der Waals surface area contributed by atoms with E-state index in [1.807, 2.05) is 30.3 Å². The van der Waals surface area contributed by atoms with E-state index >= 15 is 0 Å². The van der Waals surface area contributed by atoms with Crippen LogP contribution >= 0.6 is 0 Å². The molecule has 0 aliphatic rings. The van der Waals surface area contributed by atoms with Crippen molar-refractivity contribution in [2.24, 2.45) is 0 Å². The summed E-state index contributed by atoms with van der Waals surface area (Å²) in [6.45, 7) is 0.415. The molecule has 1 N–H and O–H groups in total. The van der Waals surface area contributed by atoms with Gasteiger partial charge in [0.25, 0.3) is 0 Å².